The fourth-order valence-electron chi connectivity index (χ4n) is 7.57. The van der Waals surface area contributed by atoms with Gasteiger partial charge in [-0.1, -0.05) is 109 Å². The summed E-state index contributed by atoms with van der Waals surface area (Å²) in [6.07, 6.45) is 0. The van der Waals surface area contributed by atoms with Crippen LogP contribution in [0.5, 0.6) is 0 Å². The first kappa shape index (κ1) is 28.9. The lowest BCUT2D eigenvalue weighted by atomic mass is 9.96. The summed E-state index contributed by atoms with van der Waals surface area (Å²) in [4.78, 5) is 54.7. The molecule has 0 radical (unpaired) electrons. The van der Waals surface area contributed by atoms with E-state index in [1.54, 1.807) is 0 Å². The Morgan fingerprint density at radius 2 is 0.569 bits per heavy atom. The van der Waals surface area contributed by atoms with Gasteiger partial charge in [0, 0.05) is 32.7 Å². The molecule has 10 rings (SSSR count). The maximum absolute atomic E-state index is 14.8. The van der Waals surface area contributed by atoms with E-state index in [4.69, 9.17) is 0 Å². The molecule has 0 bridgehead atoms. The largest absolute Gasteiger partial charge is 0.354 e. The summed E-state index contributed by atoms with van der Waals surface area (Å²) >= 11 is 0. The lowest BCUT2D eigenvalue weighted by Crippen LogP contribution is -2.15. The van der Waals surface area contributed by atoms with Crippen LogP contribution in [0.2, 0.25) is 0 Å². The predicted molar refractivity (Wildman–Crippen MR) is 210 cm³/mol. The molecule has 0 unspecified atom stereocenters. The highest BCUT2D eigenvalue weighted by atomic mass is 16.1. The molecule has 0 aliphatic carbocycles. The Labute approximate surface area is 289 Å². The van der Waals surface area contributed by atoms with Crippen molar-refractivity contribution in [2.45, 2.75) is 0 Å². The fraction of sp³-hybridized carbons (Fsp3) is 0. The molecule has 3 aromatic heterocycles. The van der Waals surface area contributed by atoms with Crippen molar-refractivity contribution in [2.24, 2.45) is 0 Å². The molecule has 0 saturated carbocycles. The van der Waals surface area contributed by atoms with Crippen molar-refractivity contribution in [1.82, 2.24) is 15.0 Å². The van der Waals surface area contributed by atoms with Gasteiger partial charge in [-0.25, -0.2) is 0 Å². The Kier molecular flexibility index (Phi) is 6.23. The zero-order valence-electron chi connectivity index (χ0n) is 27.1. The fourth-order valence-corrected chi connectivity index (χ4v) is 7.57. The van der Waals surface area contributed by atoms with E-state index in [9.17, 15) is 14.4 Å². The highest BCUT2D eigenvalue weighted by Gasteiger charge is 2.22. The summed E-state index contributed by atoms with van der Waals surface area (Å²) in [5.74, 6) is 0. The Bertz CT molecular complexity index is 2860. The number of pyridine rings is 3. The summed E-state index contributed by atoms with van der Waals surface area (Å²) in [6.45, 7) is 0. The number of benzene rings is 7. The first-order valence-corrected chi connectivity index (χ1v) is 16.8. The maximum Gasteiger partial charge on any atom is 0.199 e. The first-order valence-electron chi connectivity index (χ1n) is 16.8. The van der Waals surface area contributed by atoms with Crippen LogP contribution in [0.4, 0.5) is 0 Å². The molecular formula is C45H27N3O3. The van der Waals surface area contributed by atoms with Crippen molar-refractivity contribution < 1.29 is 0 Å². The lowest BCUT2D eigenvalue weighted by molar-refractivity contribution is 1.44. The molecule has 0 aliphatic rings. The van der Waals surface area contributed by atoms with Gasteiger partial charge in [0.15, 0.2) is 16.3 Å². The van der Waals surface area contributed by atoms with Gasteiger partial charge in [-0.15, -0.1) is 0 Å². The zero-order valence-corrected chi connectivity index (χ0v) is 27.1. The van der Waals surface area contributed by atoms with Gasteiger partial charge in [0.05, 0.1) is 32.7 Å². The average Bonchev–Trinajstić information content (AvgIpc) is 3.18. The third kappa shape index (κ3) is 4.40. The number of aromatic amines is 3. The van der Waals surface area contributed by atoms with Crippen LogP contribution < -0.4 is 16.3 Å². The molecule has 3 N–H and O–H groups in total. The molecule has 240 valence electrons. The Morgan fingerprint density at radius 1 is 0.294 bits per heavy atom. The van der Waals surface area contributed by atoms with E-state index < -0.39 is 0 Å². The molecule has 0 spiro atoms. The van der Waals surface area contributed by atoms with E-state index in [1.165, 1.54) is 0 Å². The van der Waals surface area contributed by atoms with Crippen LogP contribution in [0.1, 0.15) is 0 Å². The van der Waals surface area contributed by atoms with Crippen LogP contribution in [0.25, 0.3) is 98.8 Å². The second-order valence-electron chi connectivity index (χ2n) is 13.0. The van der Waals surface area contributed by atoms with Gasteiger partial charge in [-0.05, 0) is 69.8 Å². The molecule has 7 aromatic carbocycles. The molecular weight excluding hydrogens is 631 g/mol. The van der Waals surface area contributed by atoms with Crippen LogP contribution in [0.3, 0.4) is 0 Å². The number of hydrogen-bond acceptors (Lipinski definition) is 3. The van der Waals surface area contributed by atoms with Crippen molar-refractivity contribution in [3.63, 3.8) is 0 Å². The van der Waals surface area contributed by atoms with Gasteiger partial charge >= 0.3 is 0 Å². The van der Waals surface area contributed by atoms with E-state index in [-0.39, 0.29) is 32.4 Å². The van der Waals surface area contributed by atoms with E-state index in [0.29, 0.717) is 49.3 Å². The van der Waals surface area contributed by atoms with Crippen LogP contribution in [-0.4, -0.2) is 15.0 Å². The van der Waals surface area contributed by atoms with E-state index in [2.05, 4.69) is 15.0 Å². The number of aromatic nitrogens is 3. The van der Waals surface area contributed by atoms with E-state index >= 15 is 0 Å². The molecule has 6 heteroatoms. The molecule has 51 heavy (non-hydrogen) atoms. The van der Waals surface area contributed by atoms with Crippen molar-refractivity contribution in [3.8, 4) is 33.4 Å². The number of rotatable bonds is 3. The minimum atomic E-state index is -0.267. The zero-order chi connectivity index (χ0) is 34.2. The highest BCUT2D eigenvalue weighted by Crippen LogP contribution is 2.34. The lowest BCUT2D eigenvalue weighted by Gasteiger charge is -2.14. The summed E-state index contributed by atoms with van der Waals surface area (Å²) < 4.78 is 0. The monoisotopic (exact) mass is 657 g/mol. The van der Waals surface area contributed by atoms with Gasteiger partial charge in [0.1, 0.15) is 0 Å². The molecule has 6 nitrogen and oxygen atoms in total. The maximum atomic E-state index is 14.8. The second kappa shape index (κ2) is 11.0. The van der Waals surface area contributed by atoms with Crippen LogP contribution in [0, 0.1) is 0 Å². The number of nitrogens with one attached hydrogen (secondary N) is 3. The first-order chi connectivity index (χ1) is 25.0. The highest BCUT2D eigenvalue weighted by molar-refractivity contribution is 6.25. The van der Waals surface area contributed by atoms with Gasteiger partial charge in [0.2, 0.25) is 0 Å². The van der Waals surface area contributed by atoms with E-state index in [1.807, 2.05) is 146 Å². The Balaban J connectivity index is 1.38. The summed E-state index contributed by atoms with van der Waals surface area (Å²) in [7, 11) is 0. The molecule has 0 aliphatic heterocycles. The Hall–Kier alpha value is -7.05. The standard InChI is InChI=1S/C45H27N3O3/c49-43-31-22-28(25-10-4-1-5-11-25)16-19-34(31)46-40-37(43)41-39(45(51)32-23-29(17-20-35(32)47-41)26-12-6-2-7-13-26)42-38(40)44(50)33-24-30(18-21-36(33)48-42)27-14-8-3-9-15-27/h1-24H,(H,46,49)(H,47,51)(H,48,50). The van der Waals surface area contributed by atoms with Crippen molar-refractivity contribution >= 4 is 65.4 Å². The number of H-pyrrole nitrogens is 3. The van der Waals surface area contributed by atoms with Crippen LogP contribution in [-0.2, 0) is 0 Å². The third-order valence-electron chi connectivity index (χ3n) is 10.1. The summed E-state index contributed by atoms with van der Waals surface area (Å²) in [5.41, 5.74) is 7.75. The average molecular weight is 658 g/mol. The van der Waals surface area contributed by atoms with Crippen molar-refractivity contribution in [1.29, 1.82) is 0 Å². The predicted octanol–water partition coefficient (Wildman–Crippen LogP) is 9.67. The summed E-state index contributed by atoms with van der Waals surface area (Å²) in [5, 5.41) is 2.21. The molecule has 0 amide bonds. The normalized spacial score (nSPS) is 11.8. The minimum Gasteiger partial charge on any atom is -0.354 e. The molecule has 0 saturated heterocycles. The summed E-state index contributed by atoms with van der Waals surface area (Å²) in [6, 6.07) is 46.8. The second-order valence-corrected chi connectivity index (χ2v) is 13.0. The third-order valence-corrected chi connectivity index (χ3v) is 10.1. The van der Waals surface area contributed by atoms with Crippen molar-refractivity contribution in [2.75, 3.05) is 0 Å². The van der Waals surface area contributed by atoms with Crippen LogP contribution >= 0.6 is 0 Å². The SMILES string of the molecule is O=c1c2cc(-c3ccccc3)ccc2[nH]c2c1c1[nH]c3ccc(-c4ccccc4)cc3c(=O)c1c1[nH]c3ccc(-c4ccccc4)cc3c(=O)c21. The molecule has 10 aromatic rings. The van der Waals surface area contributed by atoms with Gasteiger partial charge < -0.3 is 15.0 Å². The minimum absolute atomic E-state index is 0.267. The van der Waals surface area contributed by atoms with Gasteiger partial charge in [-0.3, -0.25) is 14.4 Å². The van der Waals surface area contributed by atoms with Crippen LogP contribution in [0.15, 0.2) is 160 Å². The molecule has 3 heterocycles. The topological polar surface area (TPSA) is 98.6 Å². The molecule has 0 atom stereocenters. The van der Waals surface area contributed by atoms with Gasteiger partial charge in [0.25, 0.3) is 0 Å². The number of fused-ring (bicyclic) bond motifs is 9. The number of hydrogen-bond donors (Lipinski definition) is 3. The van der Waals surface area contributed by atoms with Gasteiger partial charge in [-0.2, -0.15) is 0 Å². The van der Waals surface area contributed by atoms with Crippen molar-refractivity contribution in [3.05, 3.63) is 176 Å². The Morgan fingerprint density at radius 3 is 0.843 bits per heavy atom. The molecule has 0 fully saturated rings. The smallest absolute Gasteiger partial charge is 0.199 e. The van der Waals surface area contributed by atoms with E-state index in [0.717, 1.165) is 33.4 Å². The quantitative estimate of drug-likeness (QED) is 0.130.